The van der Waals surface area contributed by atoms with E-state index in [4.69, 9.17) is 0 Å². The van der Waals surface area contributed by atoms with Crippen molar-refractivity contribution >= 4 is 0 Å². The van der Waals surface area contributed by atoms with Gasteiger partial charge in [-0.2, -0.15) is 0 Å². The van der Waals surface area contributed by atoms with Gasteiger partial charge in [0.05, 0.1) is 21.1 Å². The number of nitrogens with zero attached hydrogens (tertiary/aromatic N) is 1. The molecule has 0 unspecified atom stereocenters. The zero-order valence-corrected chi connectivity index (χ0v) is 6.65. The van der Waals surface area contributed by atoms with Gasteiger partial charge in [-0.1, -0.05) is 19.2 Å². The molecule has 52 valence electrons. The molecular formula is C8H16N+. The average Bonchev–Trinajstić information content (AvgIpc) is 1.62. The fourth-order valence-corrected chi connectivity index (χ4v) is 0.674. The lowest BCUT2D eigenvalue weighted by Gasteiger charge is -2.23. The first-order valence-corrected chi connectivity index (χ1v) is 3.06. The van der Waals surface area contributed by atoms with Crippen molar-refractivity contribution in [1.29, 1.82) is 0 Å². The summed E-state index contributed by atoms with van der Waals surface area (Å²) in [6.45, 7) is 8.44. The molecule has 0 fully saturated rings. The first-order chi connectivity index (χ1) is 3.95. The highest BCUT2D eigenvalue weighted by Crippen LogP contribution is 1.98. The number of hydrogen-bond acceptors (Lipinski definition) is 0. The van der Waals surface area contributed by atoms with Gasteiger partial charge in [0.15, 0.2) is 0 Å². The van der Waals surface area contributed by atoms with Gasteiger partial charge in [0, 0.05) is 0 Å². The molecule has 0 heterocycles. The number of rotatable bonds is 3. The topological polar surface area (TPSA) is 0 Å². The van der Waals surface area contributed by atoms with Crippen LogP contribution in [-0.2, 0) is 0 Å². The van der Waals surface area contributed by atoms with Crippen molar-refractivity contribution in [2.24, 2.45) is 0 Å². The van der Waals surface area contributed by atoms with E-state index in [0.717, 1.165) is 16.6 Å². The van der Waals surface area contributed by atoms with E-state index >= 15 is 0 Å². The van der Waals surface area contributed by atoms with Crippen LogP contribution in [0.5, 0.6) is 0 Å². The van der Waals surface area contributed by atoms with Gasteiger partial charge in [-0.15, -0.1) is 0 Å². The van der Waals surface area contributed by atoms with E-state index in [9.17, 15) is 0 Å². The predicted octanol–water partition coefficient (Wildman–Crippen LogP) is 1.43. The molecule has 0 aromatic carbocycles. The Hall–Kier alpha value is -0.560. The van der Waals surface area contributed by atoms with Crippen LogP contribution in [0.2, 0.25) is 0 Å². The van der Waals surface area contributed by atoms with Gasteiger partial charge in [0.1, 0.15) is 6.54 Å². The largest absolute Gasteiger partial charge is 0.327 e. The standard InChI is InChI=1S/C8H16N/c1-6-8(2)7-9(3,4)5/h6H,1-2,7H2,3-5H3/q+1. The number of hydrogen-bond donors (Lipinski definition) is 0. The average molecular weight is 126 g/mol. The Morgan fingerprint density at radius 3 is 2.00 bits per heavy atom. The van der Waals surface area contributed by atoms with Crippen LogP contribution in [0.3, 0.4) is 0 Å². The molecule has 0 amide bonds. The third-order valence-electron chi connectivity index (χ3n) is 0.966. The third kappa shape index (κ3) is 5.31. The summed E-state index contributed by atoms with van der Waals surface area (Å²) < 4.78 is 0.921. The van der Waals surface area contributed by atoms with Crippen LogP contribution in [0.1, 0.15) is 0 Å². The molecule has 1 nitrogen and oxygen atoms in total. The Labute approximate surface area is 57.9 Å². The molecule has 0 aromatic rings. The molecule has 0 saturated heterocycles. The SMILES string of the molecule is C=CC(=C)C[N+](C)(C)C. The summed E-state index contributed by atoms with van der Waals surface area (Å²) in [5, 5.41) is 0. The molecule has 0 atom stereocenters. The molecule has 1 heteroatoms. The van der Waals surface area contributed by atoms with E-state index in [-0.39, 0.29) is 0 Å². The van der Waals surface area contributed by atoms with Gasteiger partial charge in [0.25, 0.3) is 0 Å². The summed E-state index contributed by atoms with van der Waals surface area (Å²) in [5.74, 6) is 0. The molecular weight excluding hydrogens is 110 g/mol. The summed E-state index contributed by atoms with van der Waals surface area (Å²) in [6.07, 6.45) is 1.81. The van der Waals surface area contributed by atoms with Gasteiger partial charge in [-0.25, -0.2) is 0 Å². The monoisotopic (exact) mass is 126 g/mol. The second-order valence-corrected chi connectivity index (χ2v) is 3.31. The Balaban J connectivity index is 3.74. The Kier molecular flexibility index (Phi) is 2.65. The molecule has 0 aliphatic heterocycles. The molecule has 0 saturated carbocycles. The zero-order valence-electron chi connectivity index (χ0n) is 6.65. The van der Waals surface area contributed by atoms with Gasteiger partial charge < -0.3 is 4.48 Å². The van der Waals surface area contributed by atoms with E-state index < -0.39 is 0 Å². The molecule has 9 heavy (non-hydrogen) atoms. The highest BCUT2D eigenvalue weighted by atomic mass is 15.3. The van der Waals surface area contributed by atoms with Crippen molar-refractivity contribution in [1.82, 2.24) is 0 Å². The Bertz CT molecular complexity index is 117. The maximum absolute atomic E-state index is 3.82. The second kappa shape index (κ2) is 2.83. The quantitative estimate of drug-likeness (QED) is 0.396. The molecule has 0 N–H and O–H groups in total. The molecule has 0 rings (SSSR count). The van der Waals surface area contributed by atoms with E-state index in [2.05, 4.69) is 34.3 Å². The molecule has 0 spiro atoms. The first-order valence-electron chi connectivity index (χ1n) is 3.06. The van der Waals surface area contributed by atoms with Crippen LogP contribution in [0.25, 0.3) is 0 Å². The minimum Gasteiger partial charge on any atom is -0.327 e. The van der Waals surface area contributed by atoms with E-state index in [1.807, 2.05) is 6.08 Å². The minimum absolute atomic E-state index is 0.921. The lowest BCUT2D eigenvalue weighted by Crippen LogP contribution is -2.35. The number of quaternary nitrogens is 1. The van der Waals surface area contributed by atoms with Gasteiger partial charge in [-0.05, 0) is 5.57 Å². The van der Waals surface area contributed by atoms with Gasteiger partial charge >= 0.3 is 0 Å². The highest BCUT2D eigenvalue weighted by molar-refractivity contribution is 5.10. The fraction of sp³-hybridized carbons (Fsp3) is 0.500. The van der Waals surface area contributed by atoms with E-state index in [0.29, 0.717) is 0 Å². The molecule has 0 aliphatic carbocycles. The predicted molar refractivity (Wildman–Crippen MR) is 42.2 cm³/mol. The van der Waals surface area contributed by atoms with Crippen LogP contribution in [-0.4, -0.2) is 32.2 Å². The van der Waals surface area contributed by atoms with Crippen LogP contribution < -0.4 is 0 Å². The smallest absolute Gasteiger partial charge is 0.103 e. The summed E-state index contributed by atoms with van der Waals surface area (Å²) >= 11 is 0. The lowest BCUT2D eigenvalue weighted by molar-refractivity contribution is -0.865. The van der Waals surface area contributed by atoms with Crippen molar-refractivity contribution < 1.29 is 4.48 Å². The van der Waals surface area contributed by atoms with Crippen molar-refractivity contribution in [2.75, 3.05) is 27.7 Å². The zero-order chi connectivity index (χ0) is 7.49. The Morgan fingerprint density at radius 1 is 1.44 bits per heavy atom. The summed E-state index contributed by atoms with van der Waals surface area (Å²) in [7, 11) is 6.40. The first kappa shape index (κ1) is 8.44. The van der Waals surface area contributed by atoms with Crippen LogP contribution in [0.15, 0.2) is 24.8 Å². The summed E-state index contributed by atoms with van der Waals surface area (Å²) in [6, 6.07) is 0. The molecule has 0 radical (unpaired) electrons. The maximum atomic E-state index is 3.82. The van der Waals surface area contributed by atoms with Gasteiger partial charge in [-0.3, -0.25) is 0 Å². The minimum atomic E-state index is 0.921. The second-order valence-electron chi connectivity index (χ2n) is 3.31. The molecule has 0 bridgehead atoms. The van der Waals surface area contributed by atoms with Crippen LogP contribution in [0.4, 0.5) is 0 Å². The summed E-state index contributed by atoms with van der Waals surface area (Å²) in [5.41, 5.74) is 1.10. The summed E-state index contributed by atoms with van der Waals surface area (Å²) in [4.78, 5) is 0. The van der Waals surface area contributed by atoms with E-state index in [1.54, 1.807) is 0 Å². The van der Waals surface area contributed by atoms with Crippen LogP contribution in [0, 0.1) is 0 Å². The number of likely N-dealkylation sites (N-methyl/N-ethyl adjacent to an activating group) is 1. The van der Waals surface area contributed by atoms with E-state index in [1.165, 1.54) is 0 Å². The Morgan fingerprint density at radius 2 is 1.89 bits per heavy atom. The van der Waals surface area contributed by atoms with Gasteiger partial charge in [0.2, 0.25) is 0 Å². The highest BCUT2D eigenvalue weighted by Gasteiger charge is 2.05. The van der Waals surface area contributed by atoms with Crippen molar-refractivity contribution in [3.63, 3.8) is 0 Å². The van der Waals surface area contributed by atoms with Crippen molar-refractivity contribution in [2.45, 2.75) is 0 Å². The molecule has 0 aromatic heterocycles. The maximum Gasteiger partial charge on any atom is 0.103 e. The fourth-order valence-electron chi connectivity index (χ4n) is 0.674. The van der Waals surface area contributed by atoms with Crippen LogP contribution >= 0.6 is 0 Å². The third-order valence-corrected chi connectivity index (χ3v) is 0.966. The van der Waals surface area contributed by atoms with Crippen molar-refractivity contribution in [3.8, 4) is 0 Å². The molecule has 0 aliphatic rings. The lowest BCUT2D eigenvalue weighted by atomic mass is 10.3. The van der Waals surface area contributed by atoms with Crippen molar-refractivity contribution in [3.05, 3.63) is 24.8 Å². The normalized spacial score (nSPS) is 11.0.